The van der Waals surface area contributed by atoms with Crippen molar-refractivity contribution in [3.63, 3.8) is 0 Å². The molecule has 1 unspecified atom stereocenters. The molecule has 3 nitrogen and oxygen atoms in total. The summed E-state index contributed by atoms with van der Waals surface area (Å²) in [6.07, 6.45) is -0.660. The Morgan fingerprint density at radius 1 is 0.917 bits per heavy atom. The van der Waals surface area contributed by atoms with Crippen LogP contribution < -0.4 is 9.16 Å². The topological polar surface area (TPSA) is 38.7 Å². The van der Waals surface area contributed by atoms with E-state index in [9.17, 15) is 5.11 Å². The lowest BCUT2D eigenvalue weighted by Gasteiger charge is -2.36. The first-order valence-electron chi connectivity index (χ1n) is 8.34. The van der Waals surface area contributed by atoms with Gasteiger partial charge in [-0.1, -0.05) is 51.1 Å². The van der Waals surface area contributed by atoms with Gasteiger partial charge >= 0.3 is 0 Å². The molecule has 0 aromatic heterocycles. The van der Waals surface area contributed by atoms with E-state index in [1.165, 1.54) is 0 Å². The molecule has 0 bridgehead atoms. The van der Waals surface area contributed by atoms with E-state index >= 15 is 0 Å². The lowest BCUT2D eigenvalue weighted by Crippen LogP contribution is -2.43. The average molecular weight is 345 g/mol. The second-order valence-electron chi connectivity index (χ2n) is 7.57. The van der Waals surface area contributed by atoms with Gasteiger partial charge in [0.1, 0.15) is 24.2 Å². The number of benzene rings is 2. The van der Waals surface area contributed by atoms with E-state index < -0.39 is 14.4 Å². The molecule has 4 heteroatoms. The van der Waals surface area contributed by atoms with Gasteiger partial charge in [-0.25, -0.2) is 0 Å². The van der Waals surface area contributed by atoms with Crippen molar-refractivity contribution in [2.45, 2.75) is 45.0 Å². The van der Waals surface area contributed by atoms with E-state index in [2.05, 4.69) is 33.9 Å². The van der Waals surface area contributed by atoms with Crippen LogP contribution in [0.5, 0.6) is 11.5 Å². The maximum atomic E-state index is 10.3. The third kappa shape index (κ3) is 4.85. The summed E-state index contributed by atoms with van der Waals surface area (Å²) >= 11 is 0. The van der Waals surface area contributed by atoms with Crippen LogP contribution >= 0.6 is 0 Å². The fourth-order valence-corrected chi connectivity index (χ4v) is 3.03. The Hall–Kier alpha value is -1.78. The smallest absolute Gasteiger partial charge is 0.250 e. The van der Waals surface area contributed by atoms with Crippen LogP contribution in [0.25, 0.3) is 0 Å². The van der Waals surface area contributed by atoms with Gasteiger partial charge in [0.15, 0.2) is 0 Å². The molecular formula is C20H28O3Si. The van der Waals surface area contributed by atoms with E-state index in [4.69, 9.17) is 9.16 Å². The van der Waals surface area contributed by atoms with Crippen LogP contribution in [-0.4, -0.2) is 20.0 Å². The quantitative estimate of drug-likeness (QED) is 0.734. The summed E-state index contributed by atoms with van der Waals surface area (Å²) in [5.41, 5.74) is 0.827. The Kier molecular flexibility index (Phi) is 5.73. The zero-order valence-electron chi connectivity index (χ0n) is 15.2. The maximum absolute atomic E-state index is 10.3. The van der Waals surface area contributed by atoms with Crippen molar-refractivity contribution in [2.24, 2.45) is 0 Å². The number of rotatable bonds is 6. The minimum atomic E-state index is -1.84. The van der Waals surface area contributed by atoms with E-state index in [-0.39, 0.29) is 11.6 Å². The van der Waals surface area contributed by atoms with E-state index in [0.29, 0.717) is 0 Å². The standard InChI is InChI=1S/C20H28O3Si/c1-20(2,3)24(4,5)23-18-13-11-16(12-14-18)19(21)15-22-17-9-7-6-8-10-17/h6-14,19,21H,15H2,1-5H3. The molecule has 2 aromatic rings. The van der Waals surface area contributed by atoms with Crippen LogP contribution in [-0.2, 0) is 0 Å². The van der Waals surface area contributed by atoms with Crippen molar-refractivity contribution in [3.8, 4) is 11.5 Å². The Bertz CT molecular complexity index is 630. The van der Waals surface area contributed by atoms with Gasteiger partial charge in [0.2, 0.25) is 8.32 Å². The fourth-order valence-electron chi connectivity index (χ4n) is 1.99. The lowest BCUT2D eigenvalue weighted by molar-refractivity contribution is 0.108. The molecule has 2 aromatic carbocycles. The number of ether oxygens (including phenoxy) is 1. The van der Waals surface area contributed by atoms with Crippen molar-refractivity contribution >= 4 is 8.32 Å². The monoisotopic (exact) mass is 344 g/mol. The number of para-hydroxylation sites is 1. The summed E-state index contributed by atoms with van der Waals surface area (Å²) in [7, 11) is -1.84. The summed E-state index contributed by atoms with van der Waals surface area (Å²) < 4.78 is 11.9. The molecule has 1 atom stereocenters. The predicted octanol–water partition coefficient (Wildman–Crippen LogP) is 5.18. The largest absolute Gasteiger partial charge is 0.544 e. The molecule has 0 fully saturated rings. The van der Waals surface area contributed by atoms with Crippen molar-refractivity contribution < 1.29 is 14.3 Å². The number of hydrogen-bond donors (Lipinski definition) is 1. The van der Waals surface area contributed by atoms with Crippen LogP contribution in [0.3, 0.4) is 0 Å². The van der Waals surface area contributed by atoms with Gasteiger partial charge in [-0.05, 0) is 48.0 Å². The molecule has 0 saturated carbocycles. The molecule has 1 N–H and O–H groups in total. The van der Waals surface area contributed by atoms with Crippen molar-refractivity contribution in [1.82, 2.24) is 0 Å². The molecular weight excluding hydrogens is 316 g/mol. The Labute approximate surface area is 146 Å². The van der Waals surface area contributed by atoms with Gasteiger partial charge in [0, 0.05) is 0 Å². The summed E-state index contributed by atoms with van der Waals surface area (Å²) in [5.74, 6) is 1.62. The second-order valence-corrected chi connectivity index (χ2v) is 12.3. The molecule has 0 spiro atoms. The van der Waals surface area contributed by atoms with Gasteiger partial charge in [-0.15, -0.1) is 0 Å². The zero-order valence-corrected chi connectivity index (χ0v) is 16.2. The number of aliphatic hydroxyl groups excluding tert-OH is 1. The third-order valence-corrected chi connectivity index (χ3v) is 8.95. The Morgan fingerprint density at radius 3 is 2.04 bits per heavy atom. The van der Waals surface area contributed by atoms with Gasteiger partial charge in [0.05, 0.1) is 0 Å². The molecule has 0 aliphatic rings. The van der Waals surface area contributed by atoms with Gasteiger partial charge in [0.25, 0.3) is 0 Å². The lowest BCUT2D eigenvalue weighted by atomic mass is 10.1. The highest BCUT2D eigenvalue weighted by Crippen LogP contribution is 2.37. The minimum Gasteiger partial charge on any atom is -0.544 e. The van der Waals surface area contributed by atoms with Crippen molar-refractivity contribution in [3.05, 3.63) is 60.2 Å². The summed E-state index contributed by atoms with van der Waals surface area (Å²) in [6, 6.07) is 17.2. The molecule has 0 radical (unpaired) electrons. The van der Waals surface area contributed by atoms with Crippen LogP contribution in [0.1, 0.15) is 32.4 Å². The van der Waals surface area contributed by atoms with Gasteiger partial charge in [-0.2, -0.15) is 0 Å². The second kappa shape index (κ2) is 7.41. The first-order valence-corrected chi connectivity index (χ1v) is 11.2. The van der Waals surface area contributed by atoms with E-state index in [1.807, 2.05) is 54.6 Å². The first kappa shape index (κ1) is 18.6. The highest BCUT2D eigenvalue weighted by atomic mass is 28.4. The van der Waals surface area contributed by atoms with Gasteiger partial charge < -0.3 is 14.3 Å². The average Bonchev–Trinajstić information content (AvgIpc) is 2.53. The van der Waals surface area contributed by atoms with Gasteiger partial charge in [-0.3, -0.25) is 0 Å². The van der Waals surface area contributed by atoms with Crippen molar-refractivity contribution in [1.29, 1.82) is 0 Å². The molecule has 0 aliphatic heterocycles. The summed E-state index contributed by atoms with van der Waals surface area (Å²) in [4.78, 5) is 0. The van der Waals surface area contributed by atoms with E-state index in [1.54, 1.807) is 0 Å². The van der Waals surface area contributed by atoms with Crippen LogP contribution in [0.2, 0.25) is 18.1 Å². The summed E-state index contributed by atoms with van der Waals surface area (Å²) in [6.45, 7) is 11.3. The highest BCUT2D eigenvalue weighted by molar-refractivity contribution is 6.74. The molecule has 24 heavy (non-hydrogen) atoms. The van der Waals surface area contributed by atoms with Crippen LogP contribution in [0, 0.1) is 0 Å². The van der Waals surface area contributed by atoms with Crippen molar-refractivity contribution in [2.75, 3.05) is 6.61 Å². The molecule has 2 rings (SSSR count). The predicted molar refractivity (Wildman–Crippen MR) is 101 cm³/mol. The number of aliphatic hydroxyl groups is 1. The highest BCUT2D eigenvalue weighted by Gasteiger charge is 2.38. The Morgan fingerprint density at radius 2 is 1.50 bits per heavy atom. The molecule has 0 amide bonds. The first-order chi connectivity index (χ1) is 11.2. The molecule has 0 heterocycles. The SMILES string of the molecule is CC(C)(C)[Si](C)(C)Oc1ccc(C(O)COc2ccccc2)cc1. The third-order valence-electron chi connectivity index (χ3n) is 4.60. The normalized spacial score (nSPS) is 13.4. The Balaban J connectivity index is 1.96. The minimum absolute atomic E-state index is 0.161. The number of hydrogen-bond acceptors (Lipinski definition) is 3. The fraction of sp³-hybridized carbons (Fsp3) is 0.400. The zero-order chi connectivity index (χ0) is 17.8. The van der Waals surface area contributed by atoms with Crippen LogP contribution in [0.15, 0.2) is 54.6 Å². The molecule has 0 saturated heterocycles. The van der Waals surface area contributed by atoms with E-state index in [0.717, 1.165) is 17.1 Å². The summed E-state index contributed by atoms with van der Waals surface area (Å²) in [5, 5.41) is 10.4. The molecule has 0 aliphatic carbocycles. The molecule has 130 valence electrons. The maximum Gasteiger partial charge on any atom is 0.250 e. The van der Waals surface area contributed by atoms with Crippen LogP contribution in [0.4, 0.5) is 0 Å².